The van der Waals surface area contributed by atoms with Crippen molar-refractivity contribution in [1.82, 2.24) is 0 Å². The number of rotatable bonds is 10. The number of anilines is 3. The van der Waals surface area contributed by atoms with E-state index in [0.29, 0.717) is 0 Å². The molecule has 0 radical (unpaired) electrons. The molecule has 0 aliphatic carbocycles. The number of hydrogen-bond acceptors (Lipinski definition) is 3. The van der Waals surface area contributed by atoms with Gasteiger partial charge in [0.2, 0.25) is 0 Å². The van der Waals surface area contributed by atoms with E-state index in [4.69, 9.17) is 8.83 Å². The highest BCUT2D eigenvalue weighted by atomic mass is 16.3. The summed E-state index contributed by atoms with van der Waals surface area (Å²) in [6.45, 7) is 14.0. The summed E-state index contributed by atoms with van der Waals surface area (Å²) in [4.78, 5) is 2.35. The molecule has 0 unspecified atom stereocenters. The SMILES string of the molecule is CCC(C)(C)c1cc(-c2ccc(N(c3ccc(-c4cccc5c4oc4ccccc45)cc3)c3ccc(-c4cccc5c4oc4ccccc45)cc3)cc2)cc(C(C)(C)CC)c1. The summed E-state index contributed by atoms with van der Waals surface area (Å²) >= 11 is 0. The van der Waals surface area contributed by atoms with E-state index in [-0.39, 0.29) is 10.8 Å². The van der Waals surface area contributed by atoms with Crippen molar-refractivity contribution in [3.63, 3.8) is 0 Å². The normalized spacial score (nSPS) is 12.2. The Morgan fingerprint density at radius 2 is 0.754 bits per heavy atom. The van der Waals surface area contributed by atoms with E-state index in [0.717, 1.165) is 96.0 Å². The maximum Gasteiger partial charge on any atom is 0.143 e. The van der Waals surface area contributed by atoms with Crippen molar-refractivity contribution in [1.29, 1.82) is 0 Å². The second-order valence-electron chi connectivity index (χ2n) is 17.8. The average Bonchev–Trinajstić information content (AvgIpc) is 3.89. The van der Waals surface area contributed by atoms with Crippen LogP contribution in [-0.4, -0.2) is 0 Å². The van der Waals surface area contributed by atoms with Gasteiger partial charge < -0.3 is 13.7 Å². The topological polar surface area (TPSA) is 29.5 Å². The van der Waals surface area contributed by atoms with Gasteiger partial charge in [0.15, 0.2) is 0 Å². The molecule has 0 spiro atoms. The van der Waals surface area contributed by atoms with Gasteiger partial charge in [-0.25, -0.2) is 0 Å². The second-order valence-corrected chi connectivity index (χ2v) is 17.8. The highest BCUT2D eigenvalue weighted by Gasteiger charge is 2.25. The molecule has 0 fully saturated rings. The fourth-order valence-electron chi connectivity index (χ4n) is 8.76. The minimum Gasteiger partial charge on any atom is -0.455 e. The minimum absolute atomic E-state index is 0.0789. The second kappa shape index (κ2) is 15.0. The molecule has 0 bridgehead atoms. The Kier molecular flexibility index (Phi) is 9.44. The van der Waals surface area contributed by atoms with Crippen molar-refractivity contribution < 1.29 is 8.83 Å². The van der Waals surface area contributed by atoms with Crippen molar-refractivity contribution in [3.05, 3.63) is 187 Å². The number of fused-ring (bicyclic) bond motifs is 6. The van der Waals surface area contributed by atoms with E-state index in [1.165, 1.54) is 22.3 Å². The molecule has 300 valence electrons. The molecular formula is C58H51NO2. The Balaban J connectivity index is 1.06. The minimum atomic E-state index is 0.0789. The van der Waals surface area contributed by atoms with E-state index >= 15 is 0 Å². The highest BCUT2D eigenvalue weighted by Crippen LogP contribution is 2.43. The molecular weight excluding hydrogens is 743 g/mol. The maximum atomic E-state index is 6.44. The third-order valence-electron chi connectivity index (χ3n) is 13.4. The average molecular weight is 794 g/mol. The molecule has 0 aliphatic rings. The van der Waals surface area contributed by atoms with Crippen molar-refractivity contribution in [2.45, 2.75) is 65.2 Å². The highest BCUT2D eigenvalue weighted by molar-refractivity contribution is 6.10. The summed E-state index contributed by atoms with van der Waals surface area (Å²) in [5.74, 6) is 0. The first-order valence-electron chi connectivity index (χ1n) is 21.7. The number of benzene rings is 8. The van der Waals surface area contributed by atoms with Crippen LogP contribution in [0.5, 0.6) is 0 Å². The molecule has 2 aromatic heterocycles. The Bertz CT molecular complexity index is 3010. The van der Waals surface area contributed by atoms with Crippen molar-refractivity contribution in [2.24, 2.45) is 0 Å². The lowest BCUT2D eigenvalue weighted by atomic mass is 9.75. The molecule has 0 saturated heterocycles. The lowest BCUT2D eigenvalue weighted by Gasteiger charge is -2.30. The van der Waals surface area contributed by atoms with Gasteiger partial charge in [-0.05, 0) is 106 Å². The molecule has 2 heterocycles. The van der Waals surface area contributed by atoms with Crippen LogP contribution in [0.2, 0.25) is 0 Å². The summed E-state index contributed by atoms with van der Waals surface area (Å²) in [6.07, 6.45) is 2.16. The molecule has 3 nitrogen and oxygen atoms in total. The number of para-hydroxylation sites is 4. The van der Waals surface area contributed by atoms with E-state index < -0.39 is 0 Å². The predicted molar refractivity (Wildman–Crippen MR) is 259 cm³/mol. The van der Waals surface area contributed by atoms with Gasteiger partial charge in [0.1, 0.15) is 22.3 Å². The van der Waals surface area contributed by atoms with Gasteiger partial charge in [-0.15, -0.1) is 0 Å². The van der Waals surface area contributed by atoms with E-state index in [9.17, 15) is 0 Å². The van der Waals surface area contributed by atoms with Gasteiger partial charge in [0.25, 0.3) is 0 Å². The van der Waals surface area contributed by atoms with Crippen LogP contribution in [0.3, 0.4) is 0 Å². The first-order valence-corrected chi connectivity index (χ1v) is 21.7. The zero-order valence-corrected chi connectivity index (χ0v) is 35.9. The van der Waals surface area contributed by atoms with Crippen LogP contribution in [0.1, 0.15) is 65.5 Å². The van der Waals surface area contributed by atoms with Crippen molar-refractivity contribution in [3.8, 4) is 33.4 Å². The number of nitrogens with zero attached hydrogens (tertiary/aromatic N) is 1. The Morgan fingerprint density at radius 1 is 0.377 bits per heavy atom. The Labute approximate surface area is 358 Å². The van der Waals surface area contributed by atoms with Gasteiger partial charge in [0, 0.05) is 49.7 Å². The zero-order chi connectivity index (χ0) is 41.9. The lowest BCUT2D eigenvalue weighted by Crippen LogP contribution is -2.20. The van der Waals surface area contributed by atoms with Crippen LogP contribution in [0.25, 0.3) is 77.3 Å². The molecule has 0 saturated carbocycles. The summed E-state index contributed by atoms with van der Waals surface area (Å²) < 4.78 is 12.9. The van der Waals surface area contributed by atoms with Crippen LogP contribution in [0.4, 0.5) is 17.1 Å². The molecule has 61 heavy (non-hydrogen) atoms. The number of hydrogen-bond donors (Lipinski definition) is 0. The maximum absolute atomic E-state index is 6.44. The predicted octanol–water partition coefficient (Wildman–Crippen LogP) is 17.3. The van der Waals surface area contributed by atoms with Crippen molar-refractivity contribution >= 4 is 60.9 Å². The largest absolute Gasteiger partial charge is 0.455 e. The Hall–Kier alpha value is -6.84. The van der Waals surface area contributed by atoms with Crippen LogP contribution < -0.4 is 4.90 Å². The van der Waals surface area contributed by atoms with Crippen LogP contribution >= 0.6 is 0 Å². The molecule has 0 atom stereocenters. The van der Waals surface area contributed by atoms with Gasteiger partial charge in [-0.3, -0.25) is 0 Å². The standard InChI is InChI=1S/C58H51NO2/c1-7-57(3,4)42-35-41(36-43(37-42)58(5,6)8-2)38-23-29-44(30-24-38)59(45-31-25-39(26-32-45)47-17-13-19-51-49-15-9-11-21-53(49)60-55(47)51)46-33-27-40(28-34-46)48-18-14-20-52-50-16-10-12-22-54(50)61-56(48)52/h9-37H,7-8H2,1-6H3. The third-order valence-corrected chi connectivity index (χ3v) is 13.4. The number of furan rings is 2. The van der Waals surface area contributed by atoms with E-state index in [1.807, 2.05) is 24.3 Å². The molecule has 0 aliphatic heterocycles. The molecule has 0 N–H and O–H groups in total. The quantitative estimate of drug-likeness (QED) is 0.138. The van der Waals surface area contributed by atoms with Crippen LogP contribution in [0, 0.1) is 0 Å². The zero-order valence-electron chi connectivity index (χ0n) is 35.9. The van der Waals surface area contributed by atoms with Gasteiger partial charge in [0.05, 0.1) is 0 Å². The fourth-order valence-corrected chi connectivity index (χ4v) is 8.76. The lowest BCUT2D eigenvalue weighted by molar-refractivity contribution is 0.489. The summed E-state index contributed by atoms with van der Waals surface area (Å²) in [5.41, 5.74) is 16.7. The van der Waals surface area contributed by atoms with E-state index in [1.54, 1.807) is 0 Å². The first kappa shape index (κ1) is 38.4. The molecule has 10 aromatic rings. The Morgan fingerprint density at radius 3 is 1.16 bits per heavy atom. The molecule has 8 aromatic carbocycles. The summed E-state index contributed by atoms with van der Waals surface area (Å²) in [5, 5.41) is 4.53. The molecule has 0 amide bonds. The smallest absolute Gasteiger partial charge is 0.143 e. The first-order chi connectivity index (χ1) is 29.6. The van der Waals surface area contributed by atoms with Crippen LogP contribution in [-0.2, 0) is 10.8 Å². The molecule has 10 rings (SSSR count). The fraction of sp³-hybridized carbons (Fsp3) is 0.172. The van der Waals surface area contributed by atoms with Crippen molar-refractivity contribution in [2.75, 3.05) is 4.90 Å². The van der Waals surface area contributed by atoms with Gasteiger partial charge in [-0.1, -0.05) is 169 Å². The van der Waals surface area contributed by atoms with Gasteiger partial charge >= 0.3 is 0 Å². The van der Waals surface area contributed by atoms with Crippen LogP contribution in [0.15, 0.2) is 185 Å². The van der Waals surface area contributed by atoms with Gasteiger partial charge in [-0.2, -0.15) is 0 Å². The molecule has 3 heteroatoms. The summed E-state index contributed by atoms with van der Waals surface area (Å²) in [7, 11) is 0. The third kappa shape index (κ3) is 6.79. The monoisotopic (exact) mass is 793 g/mol. The van der Waals surface area contributed by atoms with E-state index in [2.05, 4.69) is 198 Å². The summed E-state index contributed by atoms with van der Waals surface area (Å²) in [6, 6.07) is 63.5.